The normalized spacial score (nSPS) is 11.1. The van der Waals surface area contributed by atoms with Crippen LogP contribution in [0.1, 0.15) is 27.3 Å². The van der Waals surface area contributed by atoms with Crippen molar-refractivity contribution in [1.29, 1.82) is 5.26 Å². The van der Waals surface area contributed by atoms with Crippen LogP contribution in [0.15, 0.2) is 35.9 Å². The van der Waals surface area contributed by atoms with Gasteiger partial charge in [0.15, 0.2) is 6.61 Å². The second-order valence-corrected chi connectivity index (χ2v) is 6.37. The van der Waals surface area contributed by atoms with E-state index >= 15 is 0 Å². The Bertz CT molecular complexity index is 949. The van der Waals surface area contributed by atoms with Gasteiger partial charge < -0.3 is 18.8 Å². The molecule has 0 unspecified atom stereocenters. The molecule has 7 heteroatoms. The van der Waals surface area contributed by atoms with Gasteiger partial charge in [0.05, 0.1) is 13.7 Å². The van der Waals surface area contributed by atoms with Gasteiger partial charge in [0.2, 0.25) is 5.78 Å². The molecule has 0 atom stereocenters. The highest BCUT2D eigenvalue weighted by Crippen LogP contribution is 2.17. The van der Waals surface area contributed by atoms with Crippen LogP contribution in [-0.2, 0) is 20.8 Å². The smallest absolute Gasteiger partial charge is 0.349 e. The summed E-state index contributed by atoms with van der Waals surface area (Å²) in [6.45, 7) is 4.46. The van der Waals surface area contributed by atoms with E-state index < -0.39 is 12.6 Å². The van der Waals surface area contributed by atoms with Gasteiger partial charge in [0.25, 0.3) is 0 Å². The molecule has 0 aliphatic rings. The molecule has 2 aromatic rings. The lowest BCUT2D eigenvalue weighted by molar-refractivity contribution is -0.137. The Hall–Kier alpha value is -3.37. The summed E-state index contributed by atoms with van der Waals surface area (Å²) in [5.41, 5.74) is 2.66. The first-order valence-electron chi connectivity index (χ1n) is 9.03. The zero-order valence-electron chi connectivity index (χ0n) is 17.0. The Kier molecular flexibility index (Phi) is 7.75. The van der Waals surface area contributed by atoms with Crippen LogP contribution in [0.2, 0.25) is 0 Å². The van der Waals surface area contributed by atoms with Crippen LogP contribution >= 0.6 is 0 Å². The zero-order chi connectivity index (χ0) is 21.4. The molecule has 152 valence electrons. The molecule has 1 aromatic carbocycles. The van der Waals surface area contributed by atoms with Gasteiger partial charge in [-0.25, -0.2) is 4.79 Å². The number of rotatable bonds is 9. The van der Waals surface area contributed by atoms with Crippen LogP contribution < -0.4 is 4.74 Å². The summed E-state index contributed by atoms with van der Waals surface area (Å²) in [7, 11) is 3.17. The van der Waals surface area contributed by atoms with Crippen molar-refractivity contribution >= 4 is 17.8 Å². The molecule has 0 spiro atoms. The van der Waals surface area contributed by atoms with E-state index in [1.54, 1.807) is 44.6 Å². The lowest BCUT2D eigenvalue weighted by atomic mass is 10.1. The molecule has 0 amide bonds. The number of aromatic nitrogens is 1. The number of hydrogen-bond donors (Lipinski definition) is 0. The fraction of sp³-hybridized carbons (Fsp3) is 0.318. The first-order valence-corrected chi connectivity index (χ1v) is 9.03. The monoisotopic (exact) mass is 396 g/mol. The highest BCUT2D eigenvalue weighted by Gasteiger charge is 2.18. The van der Waals surface area contributed by atoms with Crippen LogP contribution in [0.25, 0.3) is 6.08 Å². The lowest BCUT2D eigenvalue weighted by Gasteiger charge is -2.09. The molecule has 1 heterocycles. The SMILES string of the molecule is COCCn1c(C)cc(C(=O)COC(=O)/C(C#N)=C/c2ccc(OC)cc2)c1C. The Balaban J connectivity index is 2.06. The number of aryl methyl sites for hydroxylation is 1. The van der Waals surface area contributed by atoms with Crippen LogP contribution in [0.5, 0.6) is 5.75 Å². The van der Waals surface area contributed by atoms with Gasteiger partial charge in [-0.05, 0) is 43.7 Å². The van der Waals surface area contributed by atoms with Crippen molar-refractivity contribution in [2.24, 2.45) is 0 Å². The number of hydrogen-bond acceptors (Lipinski definition) is 6. The third-order valence-corrected chi connectivity index (χ3v) is 4.49. The van der Waals surface area contributed by atoms with Crippen molar-refractivity contribution in [3.05, 3.63) is 58.4 Å². The maximum absolute atomic E-state index is 12.5. The molecule has 0 aliphatic carbocycles. The van der Waals surface area contributed by atoms with E-state index in [-0.39, 0.29) is 11.4 Å². The number of esters is 1. The minimum Gasteiger partial charge on any atom is -0.497 e. The second kappa shape index (κ2) is 10.2. The van der Waals surface area contributed by atoms with Crippen molar-refractivity contribution < 1.29 is 23.8 Å². The topological polar surface area (TPSA) is 90.5 Å². The number of carbonyl (C=O) groups excluding carboxylic acids is 2. The van der Waals surface area contributed by atoms with Crippen LogP contribution in [0.3, 0.4) is 0 Å². The van der Waals surface area contributed by atoms with E-state index in [0.29, 0.717) is 30.0 Å². The van der Waals surface area contributed by atoms with E-state index in [1.165, 1.54) is 6.08 Å². The lowest BCUT2D eigenvalue weighted by Crippen LogP contribution is -2.16. The first-order chi connectivity index (χ1) is 13.9. The fourth-order valence-electron chi connectivity index (χ4n) is 2.90. The van der Waals surface area contributed by atoms with Gasteiger partial charge >= 0.3 is 5.97 Å². The second-order valence-electron chi connectivity index (χ2n) is 6.37. The Morgan fingerprint density at radius 1 is 1.17 bits per heavy atom. The van der Waals surface area contributed by atoms with E-state index in [4.69, 9.17) is 14.2 Å². The van der Waals surface area contributed by atoms with Gasteiger partial charge in [-0.3, -0.25) is 4.79 Å². The highest BCUT2D eigenvalue weighted by atomic mass is 16.5. The fourth-order valence-corrected chi connectivity index (χ4v) is 2.90. The summed E-state index contributed by atoms with van der Waals surface area (Å²) in [5.74, 6) is -0.501. The largest absolute Gasteiger partial charge is 0.497 e. The van der Waals surface area contributed by atoms with Gasteiger partial charge in [-0.15, -0.1) is 0 Å². The Morgan fingerprint density at radius 3 is 2.45 bits per heavy atom. The number of ether oxygens (including phenoxy) is 3. The summed E-state index contributed by atoms with van der Waals surface area (Å²) < 4.78 is 17.2. The molecule has 7 nitrogen and oxygen atoms in total. The molecule has 0 aliphatic heterocycles. The number of nitrogens with zero attached hydrogens (tertiary/aromatic N) is 2. The number of ketones is 1. The molecule has 0 radical (unpaired) electrons. The van der Waals surface area contributed by atoms with Crippen molar-refractivity contribution in [2.45, 2.75) is 20.4 Å². The predicted molar refractivity (Wildman–Crippen MR) is 108 cm³/mol. The number of nitriles is 1. The summed E-state index contributed by atoms with van der Waals surface area (Å²) in [6.07, 6.45) is 1.41. The van der Waals surface area contributed by atoms with Gasteiger partial charge in [-0.2, -0.15) is 5.26 Å². The molecule has 2 rings (SSSR count). The average Bonchev–Trinajstić information content (AvgIpc) is 3.02. The van der Waals surface area contributed by atoms with Crippen molar-refractivity contribution in [2.75, 3.05) is 27.4 Å². The van der Waals surface area contributed by atoms with E-state index in [9.17, 15) is 14.9 Å². The molecular weight excluding hydrogens is 372 g/mol. The van der Waals surface area contributed by atoms with Crippen LogP contribution in [-0.4, -0.2) is 43.8 Å². The molecule has 29 heavy (non-hydrogen) atoms. The van der Waals surface area contributed by atoms with Crippen molar-refractivity contribution in [3.63, 3.8) is 0 Å². The molecule has 1 aromatic heterocycles. The molecule has 0 N–H and O–H groups in total. The van der Waals surface area contributed by atoms with Gasteiger partial charge in [0.1, 0.15) is 17.4 Å². The maximum atomic E-state index is 12.5. The third-order valence-electron chi connectivity index (χ3n) is 4.49. The van der Waals surface area contributed by atoms with E-state index in [1.807, 2.05) is 24.5 Å². The summed E-state index contributed by atoms with van der Waals surface area (Å²) >= 11 is 0. The minimum atomic E-state index is -0.843. The molecule has 0 saturated heterocycles. The third kappa shape index (κ3) is 5.56. The summed E-state index contributed by atoms with van der Waals surface area (Å²) in [6, 6.07) is 10.4. The van der Waals surface area contributed by atoms with Crippen LogP contribution in [0.4, 0.5) is 0 Å². The molecule has 0 bridgehead atoms. The first kappa shape index (κ1) is 21.9. The Labute approximate surface area is 170 Å². The van der Waals surface area contributed by atoms with Crippen molar-refractivity contribution in [1.82, 2.24) is 4.57 Å². The summed E-state index contributed by atoms with van der Waals surface area (Å²) in [5, 5.41) is 9.26. The van der Waals surface area contributed by atoms with Gasteiger partial charge in [-0.1, -0.05) is 12.1 Å². The average molecular weight is 396 g/mol. The van der Waals surface area contributed by atoms with Crippen molar-refractivity contribution in [3.8, 4) is 11.8 Å². The highest BCUT2D eigenvalue weighted by molar-refractivity contribution is 6.02. The standard InChI is InChI=1S/C22H24N2O5/c1-15-11-20(16(2)24(15)9-10-27-3)21(25)14-29-22(26)18(13-23)12-17-5-7-19(28-4)8-6-17/h5-8,11-12H,9-10,14H2,1-4H3/b18-12+. The number of Topliss-reactive ketones (excluding diaryl/α,β-unsaturated/α-hetero) is 1. The number of benzene rings is 1. The van der Waals surface area contributed by atoms with E-state index in [0.717, 1.165) is 11.4 Å². The number of carbonyl (C=O) groups is 2. The van der Waals surface area contributed by atoms with Crippen LogP contribution in [0, 0.1) is 25.2 Å². The molecular formula is C22H24N2O5. The minimum absolute atomic E-state index is 0.187. The maximum Gasteiger partial charge on any atom is 0.349 e. The molecule has 0 saturated carbocycles. The number of methoxy groups -OCH3 is 2. The zero-order valence-corrected chi connectivity index (χ0v) is 17.0. The summed E-state index contributed by atoms with van der Waals surface area (Å²) in [4.78, 5) is 24.7. The quantitative estimate of drug-likeness (QED) is 0.280. The molecule has 0 fully saturated rings. The van der Waals surface area contributed by atoms with Gasteiger partial charge in [0, 0.05) is 30.6 Å². The predicted octanol–water partition coefficient (Wildman–Crippen LogP) is 3.09. The Morgan fingerprint density at radius 2 is 1.86 bits per heavy atom. The van der Waals surface area contributed by atoms with E-state index in [2.05, 4.69) is 0 Å².